The summed E-state index contributed by atoms with van der Waals surface area (Å²) in [4.78, 5) is 23.9. The number of carboxylic acids is 1. The fourth-order valence-electron chi connectivity index (χ4n) is 3.42. The van der Waals surface area contributed by atoms with Crippen LogP contribution in [-0.4, -0.2) is 23.5 Å². The normalized spacial score (nSPS) is 24.7. The van der Waals surface area contributed by atoms with Gasteiger partial charge < -0.3 is 14.8 Å². The third kappa shape index (κ3) is 2.01. The fourth-order valence-corrected chi connectivity index (χ4v) is 3.42. The molecule has 1 saturated heterocycles. The van der Waals surface area contributed by atoms with Crippen molar-refractivity contribution in [3.63, 3.8) is 0 Å². The molecule has 0 amide bonds. The van der Waals surface area contributed by atoms with E-state index >= 15 is 0 Å². The molecular weight excluding hydrogens is 260 g/mol. The summed E-state index contributed by atoms with van der Waals surface area (Å²) in [5.74, 6) is -1.64. The summed E-state index contributed by atoms with van der Waals surface area (Å²) in [6, 6.07) is 4.69. The Kier molecular flexibility index (Phi) is 3.08. The van der Waals surface area contributed by atoms with Gasteiger partial charge in [0.15, 0.2) is 0 Å². The highest BCUT2D eigenvalue weighted by molar-refractivity contribution is 5.74. The van der Waals surface area contributed by atoms with E-state index in [-0.39, 0.29) is 11.7 Å². The number of piperidine rings is 1. The summed E-state index contributed by atoms with van der Waals surface area (Å²) >= 11 is 0. The van der Waals surface area contributed by atoms with Crippen LogP contribution < -0.4 is 10.0 Å². The molecule has 6 nitrogen and oxygen atoms in total. The van der Waals surface area contributed by atoms with Crippen molar-refractivity contribution in [1.29, 1.82) is 0 Å². The molecule has 20 heavy (non-hydrogen) atoms. The highest BCUT2D eigenvalue weighted by atomic mass is 16.6. The van der Waals surface area contributed by atoms with E-state index in [0.29, 0.717) is 6.42 Å². The van der Waals surface area contributed by atoms with E-state index in [9.17, 15) is 20.0 Å². The Morgan fingerprint density at radius 3 is 2.85 bits per heavy atom. The van der Waals surface area contributed by atoms with Gasteiger partial charge in [0.05, 0.1) is 4.92 Å². The maximum atomic E-state index is 11.4. The molecule has 2 atom stereocenters. The zero-order chi connectivity index (χ0) is 14.3. The van der Waals surface area contributed by atoms with E-state index in [0.717, 1.165) is 37.1 Å². The highest BCUT2D eigenvalue weighted by Gasteiger charge is 2.36. The zero-order valence-electron chi connectivity index (χ0n) is 10.9. The number of aliphatic carboxylic acids is 1. The van der Waals surface area contributed by atoms with Gasteiger partial charge in [-0.3, -0.25) is 10.1 Å². The van der Waals surface area contributed by atoms with Crippen LogP contribution in [-0.2, 0) is 11.2 Å². The summed E-state index contributed by atoms with van der Waals surface area (Å²) in [6.45, 7) is 0.805. The first kappa shape index (κ1) is 12.9. The van der Waals surface area contributed by atoms with Gasteiger partial charge in [0, 0.05) is 42.3 Å². The van der Waals surface area contributed by atoms with E-state index in [1.807, 2.05) is 0 Å². The molecule has 3 rings (SSSR count). The molecular formula is C14H15N2O4-. The fraction of sp³-hybridized carbons (Fsp3) is 0.500. The Bertz CT molecular complexity index is 572. The quantitative estimate of drug-likeness (QED) is 0.590. The van der Waals surface area contributed by atoms with Gasteiger partial charge in [0.1, 0.15) is 0 Å². The number of carbonyl (C=O) groups excluding carboxylic acids is 1. The number of anilines is 1. The molecule has 2 heterocycles. The Morgan fingerprint density at radius 2 is 2.15 bits per heavy atom. The molecule has 2 aliphatic rings. The molecule has 0 saturated carbocycles. The number of hydrogen-bond donors (Lipinski definition) is 0. The van der Waals surface area contributed by atoms with Crippen molar-refractivity contribution in [2.75, 3.05) is 11.4 Å². The largest absolute Gasteiger partial charge is 0.550 e. The van der Waals surface area contributed by atoms with Crippen molar-refractivity contribution < 1.29 is 14.8 Å². The first-order valence-corrected chi connectivity index (χ1v) is 6.83. The van der Waals surface area contributed by atoms with Crippen LogP contribution in [0, 0.1) is 16.0 Å². The molecule has 0 aliphatic carbocycles. The summed E-state index contributed by atoms with van der Waals surface area (Å²) in [5, 5.41) is 22.2. The number of benzene rings is 1. The standard InChI is InChI=1S/C14H16N2O4/c17-14(18)11-8-9-7-10(16(19)20)4-5-12(9)15-6-2-1-3-13(11)15/h4-5,7,11,13H,1-3,6,8H2,(H,17,18)/p-1/t11-,13-/m1/s1. The van der Waals surface area contributed by atoms with Crippen molar-refractivity contribution in [2.45, 2.75) is 31.7 Å². The second kappa shape index (κ2) is 4.77. The predicted octanol–water partition coefficient (Wildman–Crippen LogP) is 0.876. The van der Waals surface area contributed by atoms with E-state index in [2.05, 4.69) is 4.90 Å². The second-order valence-electron chi connectivity index (χ2n) is 5.46. The number of carboxylic acid groups (broad SMARTS) is 1. The number of fused-ring (bicyclic) bond motifs is 3. The molecule has 1 aromatic carbocycles. The Morgan fingerprint density at radius 1 is 1.35 bits per heavy atom. The van der Waals surface area contributed by atoms with Gasteiger partial charge in [-0.15, -0.1) is 0 Å². The lowest BCUT2D eigenvalue weighted by Gasteiger charge is -2.46. The number of rotatable bonds is 2. The Labute approximate surface area is 116 Å². The molecule has 1 fully saturated rings. The van der Waals surface area contributed by atoms with Crippen LogP contribution in [0.3, 0.4) is 0 Å². The molecule has 0 unspecified atom stereocenters. The molecule has 0 N–H and O–H groups in total. The van der Waals surface area contributed by atoms with Crippen LogP contribution in [0.15, 0.2) is 18.2 Å². The first-order valence-electron chi connectivity index (χ1n) is 6.83. The number of non-ortho nitro benzene ring substituents is 1. The number of nitro benzene ring substituents is 1. The van der Waals surface area contributed by atoms with Crippen LogP contribution in [0.25, 0.3) is 0 Å². The van der Waals surface area contributed by atoms with Crippen LogP contribution in [0.4, 0.5) is 11.4 Å². The maximum absolute atomic E-state index is 11.4. The Hall–Kier alpha value is -2.11. The van der Waals surface area contributed by atoms with Crippen molar-refractivity contribution in [1.82, 2.24) is 0 Å². The van der Waals surface area contributed by atoms with Crippen molar-refractivity contribution in [3.05, 3.63) is 33.9 Å². The SMILES string of the molecule is O=C([O-])[C@@H]1Cc2cc([N+](=O)[O-])ccc2N2CCCC[C@H]12. The number of carbonyl (C=O) groups is 1. The number of nitro groups is 1. The molecule has 6 heteroatoms. The zero-order valence-corrected chi connectivity index (χ0v) is 10.9. The second-order valence-corrected chi connectivity index (χ2v) is 5.46. The minimum absolute atomic E-state index is 0.0105. The topological polar surface area (TPSA) is 86.5 Å². The van der Waals surface area contributed by atoms with E-state index in [1.54, 1.807) is 6.07 Å². The van der Waals surface area contributed by atoms with Gasteiger partial charge in [0.25, 0.3) is 5.69 Å². The van der Waals surface area contributed by atoms with Crippen LogP contribution in [0.2, 0.25) is 0 Å². The molecule has 0 spiro atoms. The lowest BCUT2D eigenvalue weighted by molar-refractivity contribution is -0.384. The van der Waals surface area contributed by atoms with Gasteiger partial charge in [-0.25, -0.2) is 0 Å². The molecule has 0 aromatic heterocycles. The molecule has 2 aliphatic heterocycles. The van der Waals surface area contributed by atoms with Crippen molar-refractivity contribution in [3.8, 4) is 0 Å². The third-order valence-corrected chi connectivity index (χ3v) is 4.34. The minimum Gasteiger partial charge on any atom is -0.550 e. The van der Waals surface area contributed by atoms with Crippen molar-refractivity contribution in [2.24, 2.45) is 5.92 Å². The number of nitrogens with zero attached hydrogens (tertiary/aromatic N) is 2. The first-order chi connectivity index (χ1) is 9.58. The molecule has 0 bridgehead atoms. The summed E-state index contributed by atoms with van der Waals surface area (Å²) in [5.41, 5.74) is 1.70. The van der Waals surface area contributed by atoms with Gasteiger partial charge in [-0.05, 0) is 37.3 Å². The third-order valence-electron chi connectivity index (χ3n) is 4.34. The average molecular weight is 275 g/mol. The summed E-state index contributed by atoms with van der Waals surface area (Å²) < 4.78 is 0. The molecule has 0 radical (unpaired) electrons. The molecule has 1 aromatic rings. The van der Waals surface area contributed by atoms with E-state index in [4.69, 9.17) is 0 Å². The van der Waals surface area contributed by atoms with Crippen LogP contribution in [0.5, 0.6) is 0 Å². The van der Waals surface area contributed by atoms with Gasteiger partial charge in [0.2, 0.25) is 0 Å². The molecule has 106 valence electrons. The lowest BCUT2D eigenvalue weighted by Crippen LogP contribution is -2.53. The van der Waals surface area contributed by atoms with Gasteiger partial charge >= 0.3 is 0 Å². The van der Waals surface area contributed by atoms with Crippen LogP contribution in [0.1, 0.15) is 24.8 Å². The lowest BCUT2D eigenvalue weighted by atomic mass is 9.81. The smallest absolute Gasteiger partial charge is 0.269 e. The summed E-state index contributed by atoms with van der Waals surface area (Å²) in [6.07, 6.45) is 3.20. The number of hydrogen-bond acceptors (Lipinski definition) is 5. The minimum atomic E-state index is -1.06. The van der Waals surface area contributed by atoms with Gasteiger partial charge in [-0.1, -0.05) is 0 Å². The summed E-state index contributed by atoms with van der Waals surface area (Å²) in [7, 11) is 0. The highest BCUT2D eigenvalue weighted by Crippen LogP contribution is 2.39. The average Bonchev–Trinajstić information content (AvgIpc) is 2.45. The maximum Gasteiger partial charge on any atom is 0.269 e. The van der Waals surface area contributed by atoms with E-state index < -0.39 is 16.8 Å². The van der Waals surface area contributed by atoms with E-state index in [1.165, 1.54) is 12.1 Å². The van der Waals surface area contributed by atoms with Gasteiger partial charge in [-0.2, -0.15) is 0 Å². The van der Waals surface area contributed by atoms with Crippen molar-refractivity contribution >= 4 is 17.3 Å². The predicted molar refractivity (Wildman–Crippen MR) is 70.3 cm³/mol. The monoisotopic (exact) mass is 275 g/mol. The Balaban J connectivity index is 2.04. The van der Waals surface area contributed by atoms with Crippen LogP contribution >= 0.6 is 0 Å².